The van der Waals surface area contributed by atoms with Crippen molar-refractivity contribution in [3.63, 3.8) is 0 Å². The van der Waals surface area contributed by atoms with Crippen molar-refractivity contribution < 1.29 is 9.00 Å². The van der Waals surface area contributed by atoms with Crippen molar-refractivity contribution in [1.29, 1.82) is 0 Å². The molecule has 1 aliphatic heterocycles. The number of carbonyl (C=O) groups is 1. The van der Waals surface area contributed by atoms with Crippen LogP contribution in [0.15, 0.2) is 84.1 Å². The van der Waals surface area contributed by atoms with Gasteiger partial charge in [0.15, 0.2) is 0 Å². The molecule has 208 valence electrons. The van der Waals surface area contributed by atoms with Crippen molar-refractivity contribution in [1.82, 2.24) is 29.5 Å². The van der Waals surface area contributed by atoms with Gasteiger partial charge < -0.3 is 15.1 Å². The molecule has 0 radical (unpaired) electrons. The Hall–Kier alpha value is -4.45. The number of hydrogen-bond donors (Lipinski definition) is 2. The monoisotopic (exact) mass is 566 g/mol. The first-order valence-electron chi connectivity index (χ1n) is 13.3. The minimum atomic E-state index is -1.55. The van der Waals surface area contributed by atoms with Crippen LogP contribution in [0.1, 0.15) is 10.4 Å². The minimum Gasteiger partial charge on any atom is -0.336 e. The van der Waals surface area contributed by atoms with Gasteiger partial charge in [-0.3, -0.25) is 9.48 Å². The maximum atomic E-state index is 13.2. The first-order valence-corrected chi connectivity index (χ1v) is 14.5. The van der Waals surface area contributed by atoms with Crippen molar-refractivity contribution in [3.8, 4) is 22.3 Å². The second kappa shape index (κ2) is 11.2. The molecule has 11 heteroatoms. The van der Waals surface area contributed by atoms with Crippen LogP contribution >= 0.6 is 0 Å². The SMILES string of the molecule is CN1CCN(C(=O)c2ccc(-c3c(-c4cnn(C)c4)ccc4cnc(Nc5ccc(S(N)=O)cc5)nc34)cc2)CC1. The zero-order chi connectivity index (χ0) is 28.5. The number of likely N-dealkylation sites (N-methyl/N-ethyl adjacent to an activating group) is 1. The molecular weight excluding hydrogens is 536 g/mol. The summed E-state index contributed by atoms with van der Waals surface area (Å²) in [7, 11) is 2.42. The molecule has 1 amide bonds. The number of anilines is 2. The molecule has 10 nitrogen and oxygen atoms in total. The molecule has 1 aliphatic rings. The number of amides is 1. The Labute approximate surface area is 240 Å². The van der Waals surface area contributed by atoms with Gasteiger partial charge in [0.2, 0.25) is 5.95 Å². The van der Waals surface area contributed by atoms with Crippen LogP contribution in [-0.4, -0.2) is 72.9 Å². The molecule has 0 bridgehead atoms. The molecule has 1 fully saturated rings. The lowest BCUT2D eigenvalue weighted by Crippen LogP contribution is -2.47. The number of nitrogens with one attached hydrogen (secondary N) is 1. The van der Waals surface area contributed by atoms with E-state index in [1.165, 1.54) is 0 Å². The summed E-state index contributed by atoms with van der Waals surface area (Å²) in [6.45, 7) is 3.21. The Kier molecular flexibility index (Phi) is 7.31. The minimum absolute atomic E-state index is 0.0494. The molecule has 3 heterocycles. The molecular formula is C30H30N8O2S. The van der Waals surface area contributed by atoms with Gasteiger partial charge in [-0.25, -0.2) is 19.3 Å². The van der Waals surface area contributed by atoms with Crippen LogP contribution in [0.2, 0.25) is 0 Å². The van der Waals surface area contributed by atoms with Crippen molar-refractivity contribution in [2.45, 2.75) is 4.90 Å². The van der Waals surface area contributed by atoms with Crippen LogP contribution < -0.4 is 10.5 Å². The van der Waals surface area contributed by atoms with E-state index in [4.69, 9.17) is 10.1 Å². The number of fused-ring (bicyclic) bond motifs is 1. The molecule has 5 aromatic rings. The first-order chi connectivity index (χ1) is 19.9. The van der Waals surface area contributed by atoms with Crippen LogP contribution in [0.5, 0.6) is 0 Å². The van der Waals surface area contributed by atoms with Crippen molar-refractivity contribution >= 4 is 39.4 Å². The molecule has 6 rings (SSSR count). The lowest BCUT2D eigenvalue weighted by Gasteiger charge is -2.32. The van der Waals surface area contributed by atoms with Gasteiger partial charge >= 0.3 is 0 Å². The first kappa shape index (κ1) is 26.8. The third-order valence-corrected chi connectivity index (χ3v) is 8.06. The molecule has 0 spiro atoms. The molecule has 1 saturated heterocycles. The van der Waals surface area contributed by atoms with E-state index in [1.54, 1.807) is 35.1 Å². The Bertz CT molecular complexity index is 1740. The zero-order valence-electron chi connectivity index (χ0n) is 22.8. The van der Waals surface area contributed by atoms with E-state index in [0.29, 0.717) is 16.4 Å². The van der Waals surface area contributed by atoms with Gasteiger partial charge in [0, 0.05) is 73.4 Å². The van der Waals surface area contributed by atoms with Gasteiger partial charge in [-0.1, -0.05) is 24.3 Å². The number of hydrogen-bond acceptors (Lipinski definition) is 7. The molecule has 2 aromatic heterocycles. The normalized spacial score (nSPS) is 14.8. The lowest BCUT2D eigenvalue weighted by molar-refractivity contribution is 0.0664. The average Bonchev–Trinajstić information content (AvgIpc) is 3.43. The van der Waals surface area contributed by atoms with E-state index < -0.39 is 11.0 Å². The number of carbonyl (C=O) groups excluding carboxylic acids is 1. The molecule has 1 unspecified atom stereocenters. The van der Waals surface area contributed by atoms with E-state index in [2.05, 4.69) is 33.4 Å². The maximum Gasteiger partial charge on any atom is 0.253 e. The summed E-state index contributed by atoms with van der Waals surface area (Å²) in [5.41, 5.74) is 5.97. The summed E-state index contributed by atoms with van der Waals surface area (Å²) in [5, 5.41) is 14.0. The van der Waals surface area contributed by atoms with Gasteiger partial charge in [0.1, 0.15) is 11.0 Å². The Morgan fingerprint density at radius 3 is 2.29 bits per heavy atom. The third kappa shape index (κ3) is 5.60. The summed E-state index contributed by atoms with van der Waals surface area (Å²) in [6, 6.07) is 18.8. The number of aromatic nitrogens is 4. The summed E-state index contributed by atoms with van der Waals surface area (Å²) >= 11 is 0. The summed E-state index contributed by atoms with van der Waals surface area (Å²) in [5.74, 6) is 0.471. The highest BCUT2D eigenvalue weighted by molar-refractivity contribution is 7.82. The van der Waals surface area contributed by atoms with Crippen LogP contribution in [0.25, 0.3) is 33.2 Å². The number of nitrogens with zero attached hydrogens (tertiary/aromatic N) is 6. The average molecular weight is 567 g/mol. The van der Waals surface area contributed by atoms with Gasteiger partial charge in [0.05, 0.1) is 16.6 Å². The highest BCUT2D eigenvalue weighted by Crippen LogP contribution is 2.37. The predicted molar refractivity (Wildman–Crippen MR) is 161 cm³/mol. The van der Waals surface area contributed by atoms with Gasteiger partial charge in [0.25, 0.3) is 5.91 Å². The van der Waals surface area contributed by atoms with Crippen LogP contribution in [0.4, 0.5) is 11.6 Å². The summed E-state index contributed by atoms with van der Waals surface area (Å²) in [6.07, 6.45) is 5.59. The van der Waals surface area contributed by atoms with Crippen LogP contribution in [0.3, 0.4) is 0 Å². The van der Waals surface area contributed by atoms with Crippen molar-refractivity contribution in [3.05, 3.63) is 84.8 Å². The topological polar surface area (TPSA) is 122 Å². The Morgan fingerprint density at radius 2 is 1.63 bits per heavy atom. The van der Waals surface area contributed by atoms with Crippen LogP contribution in [-0.2, 0) is 18.0 Å². The van der Waals surface area contributed by atoms with Gasteiger partial charge in [-0.2, -0.15) is 5.10 Å². The van der Waals surface area contributed by atoms with Gasteiger partial charge in [-0.05, 0) is 54.6 Å². The molecule has 0 aliphatic carbocycles. The van der Waals surface area contributed by atoms with Crippen molar-refractivity contribution in [2.75, 3.05) is 38.5 Å². The predicted octanol–water partition coefficient (Wildman–Crippen LogP) is 3.81. The van der Waals surface area contributed by atoms with Crippen molar-refractivity contribution in [2.24, 2.45) is 12.2 Å². The molecule has 3 N–H and O–H groups in total. The molecule has 3 aromatic carbocycles. The lowest BCUT2D eigenvalue weighted by atomic mass is 9.93. The molecule has 41 heavy (non-hydrogen) atoms. The highest BCUT2D eigenvalue weighted by atomic mass is 32.2. The second-order valence-electron chi connectivity index (χ2n) is 10.1. The Morgan fingerprint density at radius 1 is 0.902 bits per heavy atom. The largest absolute Gasteiger partial charge is 0.336 e. The Balaban J connectivity index is 1.40. The number of benzene rings is 3. The zero-order valence-corrected chi connectivity index (χ0v) is 23.6. The summed E-state index contributed by atoms with van der Waals surface area (Å²) < 4.78 is 13.3. The van der Waals surface area contributed by atoms with Gasteiger partial charge in [-0.15, -0.1) is 0 Å². The third-order valence-electron chi connectivity index (χ3n) is 7.32. The second-order valence-corrected chi connectivity index (χ2v) is 11.2. The van der Waals surface area contributed by atoms with E-state index in [0.717, 1.165) is 65.0 Å². The van der Waals surface area contributed by atoms with E-state index >= 15 is 0 Å². The van der Waals surface area contributed by atoms with E-state index in [9.17, 15) is 9.00 Å². The number of rotatable bonds is 6. The fourth-order valence-electron chi connectivity index (χ4n) is 5.02. The number of nitrogens with two attached hydrogens (primary N) is 1. The highest BCUT2D eigenvalue weighted by Gasteiger charge is 2.21. The molecule has 1 atom stereocenters. The maximum absolute atomic E-state index is 13.2. The fourth-order valence-corrected chi connectivity index (χ4v) is 5.43. The molecule has 0 saturated carbocycles. The van der Waals surface area contributed by atoms with E-state index in [1.807, 2.05) is 54.7 Å². The quantitative estimate of drug-likeness (QED) is 0.321. The summed E-state index contributed by atoms with van der Waals surface area (Å²) in [4.78, 5) is 27.3. The number of piperazine rings is 1. The standard InChI is InChI=1S/C30H30N8O2S/c1-36-13-15-38(16-14-36)29(39)21-5-3-20(4-6-21)27-26(23-18-33-37(2)19-23)12-7-22-17-32-30(35-28(22)27)34-24-8-10-25(11-9-24)41(31)40/h3-12,17-19H,13-16,31H2,1-2H3,(H,32,34,35). The van der Waals surface area contributed by atoms with Crippen LogP contribution in [0, 0.1) is 0 Å². The van der Waals surface area contributed by atoms with E-state index in [-0.39, 0.29) is 5.91 Å². The fraction of sp³-hybridized carbons (Fsp3) is 0.200. The smallest absolute Gasteiger partial charge is 0.253 e. The number of aryl methyl sites for hydroxylation is 1.